The van der Waals surface area contributed by atoms with Crippen molar-refractivity contribution in [2.24, 2.45) is 0 Å². The third-order valence-electron chi connectivity index (χ3n) is 11.5. The summed E-state index contributed by atoms with van der Waals surface area (Å²) in [5, 5.41) is 9.70. The van der Waals surface area contributed by atoms with Crippen LogP contribution in [0.5, 0.6) is 0 Å². The standard InChI is InChI=1S/C53H33N5/c1-4-16-35(17-5-1)51-54-52(36-18-6-2-7-19-36)56-53(55-51)42-25-14-20-37-33-39(28-29-40(37)42)58-44-26-13-12-24-43(44)49-46(58)31-32-47-50(49)48-41-23-11-10-15-34(41)27-30-45(48)57(47)38-21-8-3-9-22-38/h1-33H. The highest BCUT2D eigenvalue weighted by atomic mass is 15.0. The van der Waals surface area contributed by atoms with Crippen molar-refractivity contribution in [3.8, 4) is 45.5 Å². The topological polar surface area (TPSA) is 48.5 Å². The van der Waals surface area contributed by atoms with Gasteiger partial charge in [0.25, 0.3) is 0 Å². The Kier molecular flexibility index (Phi) is 7.16. The van der Waals surface area contributed by atoms with Gasteiger partial charge < -0.3 is 9.13 Å². The first kappa shape index (κ1) is 32.4. The maximum Gasteiger partial charge on any atom is 0.164 e. The van der Waals surface area contributed by atoms with Crippen molar-refractivity contribution in [1.29, 1.82) is 0 Å². The maximum atomic E-state index is 5.07. The minimum absolute atomic E-state index is 0.646. The molecule has 0 spiro atoms. The summed E-state index contributed by atoms with van der Waals surface area (Å²) in [4.78, 5) is 15.1. The number of hydrogen-bond donors (Lipinski definition) is 0. The second kappa shape index (κ2) is 12.8. The summed E-state index contributed by atoms with van der Waals surface area (Å²) < 4.78 is 4.85. The predicted molar refractivity (Wildman–Crippen MR) is 240 cm³/mol. The molecular weight excluding hydrogens is 707 g/mol. The first-order valence-corrected chi connectivity index (χ1v) is 19.6. The smallest absolute Gasteiger partial charge is 0.164 e. The quantitative estimate of drug-likeness (QED) is 0.177. The minimum Gasteiger partial charge on any atom is -0.309 e. The zero-order valence-corrected chi connectivity index (χ0v) is 31.3. The third kappa shape index (κ3) is 4.93. The van der Waals surface area contributed by atoms with Crippen LogP contribution in [0.3, 0.4) is 0 Å². The van der Waals surface area contributed by atoms with Crippen LogP contribution >= 0.6 is 0 Å². The SMILES string of the molecule is c1ccc(-c2nc(-c3ccccc3)nc(-c3cccc4cc(-n5c6ccccc6c6c7c8c9ccccc9ccc8n(-c8ccccc8)c7ccc65)ccc34)n2)cc1. The van der Waals surface area contributed by atoms with Crippen molar-refractivity contribution in [2.75, 3.05) is 0 Å². The average Bonchev–Trinajstić information content (AvgIpc) is 3.82. The van der Waals surface area contributed by atoms with E-state index < -0.39 is 0 Å². The van der Waals surface area contributed by atoms with E-state index >= 15 is 0 Å². The van der Waals surface area contributed by atoms with Gasteiger partial charge in [0, 0.05) is 49.6 Å². The van der Waals surface area contributed by atoms with Crippen LogP contribution in [-0.4, -0.2) is 24.1 Å². The van der Waals surface area contributed by atoms with E-state index in [4.69, 9.17) is 15.0 Å². The Hall–Kier alpha value is -7.89. The molecule has 0 saturated carbocycles. The lowest BCUT2D eigenvalue weighted by molar-refractivity contribution is 1.08. The molecule has 5 heteroatoms. The molecule has 0 aliphatic rings. The summed E-state index contributed by atoms with van der Waals surface area (Å²) >= 11 is 0. The van der Waals surface area contributed by atoms with Gasteiger partial charge in [-0.15, -0.1) is 0 Å². The van der Waals surface area contributed by atoms with E-state index in [0.29, 0.717) is 17.5 Å². The van der Waals surface area contributed by atoms with Gasteiger partial charge in [0.15, 0.2) is 17.5 Å². The molecule has 58 heavy (non-hydrogen) atoms. The second-order valence-corrected chi connectivity index (χ2v) is 14.8. The van der Waals surface area contributed by atoms with Gasteiger partial charge in [-0.2, -0.15) is 0 Å². The Morgan fingerprint density at radius 3 is 1.55 bits per heavy atom. The number of rotatable bonds is 5. The van der Waals surface area contributed by atoms with Gasteiger partial charge in [-0.3, -0.25) is 0 Å². The molecular formula is C53H33N5. The molecule has 0 aliphatic heterocycles. The van der Waals surface area contributed by atoms with Gasteiger partial charge in [0.05, 0.1) is 22.1 Å². The van der Waals surface area contributed by atoms with E-state index in [2.05, 4.69) is 149 Å². The monoisotopic (exact) mass is 739 g/mol. The molecule has 0 radical (unpaired) electrons. The van der Waals surface area contributed by atoms with Crippen LogP contribution in [-0.2, 0) is 0 Å². The fourth-order valence-electron chi connectivity index (χ4n) is 9.00. The highest BCUT2D eigenvalue weighted by Gasteiger charge is 2.22. The van der Waals surface area contributed by atoms with Crippen molar-refractivity contribution in [2.45, 2.75) is 0 Å². The van der Waals surface area contributed by atoms with E-state index in [0.717, 1.165) is 38.8 Å². The summed E-state index contributed by atoms with van der Waals surface area (Å²) in [7, 11) is 0. The van der Waals surface area contributed by atoms with Crippen LogP contribution in [0.1, 0.15) is 0 Å². The van der Waals surface area contributed by atoms with Crippen LogP contribution in [0.2, 0.25) is 0 Å². The number of hydrogen-bond acceptors (Lipinski definition) is 3. The second-order valence-electron chi connectivity index (χ2n) is 14.8. The van der Waals surface area contributed by atoms with Crippen molar-refractivity contribution in [3.63, 3.8) is 0 Å². The molecule has 0 unspecified atom stereocenters. The largest absolute Gasteiger partial charge is 0.309 e. The van der Waals surface area contributed by atoms with Gasteiger partial charge in [-0.25, -0.2) is 15.0 Å². The Morgan fingerprint density at radius 2 is 0.828 bits per heavy atom. The summed E-state index contributed by atoms with van der Waals surface area (Å²) in [6.07, 6.45) is 0. The molecule has 3 aromatic heterocycles. The van der Waals surface area contributed by atoms with Gasteiger partial charge in [0.1, 0.15) is 0 Å². The molecule has 3 heterocycles. The Labute approximate surface area is 333 Å². The highest BCUT2D eigenvalue weighted by molar-refractivity contribution is 6.33. The van der Waals surface area contributed by atoms with E-state index in [1.165, 1.54) is 54.4 Å². The number of fused-ring (bicyclic) bond motifs is 10. The number of aromatic nitrogens is 5. The first-order valence-electron chi connectivity index (χ1n) is 19.6. The zero-order valence-electron chi connectivity index (χ0n) is 31.3. The van der Waals surface area contributed by atoms with Crippen molar-refractivity contribution < 1.29 is 0 Å². The molecule has 12 rings (SSSR count). The third-order valence-corrected chi connectivity index (χ3v) is 11.5. The van der Waals surface area contributed by atoms with Crippen LogP contribution in [0.25, 0.3) is 111 Å². The van der Waals surface area contributed by atoms with Crippen molar-refractivity contribution in [3.05, 3.63) is 200 Å². The highest BCUT2D eigenvalue weighted by Crippen LogP contribution is 2.45. The first-order chi connectivity index (χ1) is 28.8. The molecule has 0 aliphatic carbocycles. The van der Waals surface area contributed by atoms with Gasteiger partial charge in [0.2, 0.25) is 0 Å². The summed E-state index contributed by atoms with van der Waals surface area (Å²) in [6, 6.07) is 70.9. The summed E-state index contributed by atoms with van der Waals surface area (Å²) in [5.74, 6) is 1.94. The molecule has 12 aromatic rings. The average molecular weight is 740 g/mol. The zero-order chi connectivity index (χ0) is 38.2. The Bertz CT molecular complexity index is 3490. The van der Waals surface area contributed by atoms with Crippen molar-refractivity contribution >= 4 is 65.2 Å². The molecule has 0 atom stereocenters. The van der Waals surface area contributed by atoms with Crippen LogP contribution in [0, 0.1) is 0 Å². The van der Waals surface area contributed by atoms with Crippen LogP contribution in [0.4, 0.5) is 0 Å². The summed E-state index contributed by atoms with van der Waals surface area (Å²) in [6.45, 7) is 0. The Morgan fingerprint density at radius 1 is 0.293 bits per heavy atom. The van der Waals surface area contributed by atoms with Gasteiger partial charge in [-0.05, 0) is 70.1 Å². The molecule has 0 fully saturated rings. The van der Waals surface area contributed by atoms with E-state index in [-0.39, 0.29) is 0 Å². The molecule has 0 N–H and O–H groups in total. The lowest BCUT2D eigenvalue weighted by Crippen LogP contribution is -2.00. The number of nitrogens with zero attached hydrogens (tertiary/aromatic N) is 5. The lowest BCUT2D eigenvalue weighted by Gasteiger charge is -2.13. The predicted octanol–water partition coefficient (Wildman–Crippen LogP) is 13.4. The number of para-hydroxylation sites is 2. The molecule has 0 bridgehead atoms. The molecule has 9 aromatic carbocycles. The Balaban J connectivity index is 1.10. The van der Waals surface area contributed by atoms with E-state index in [1.807, 2.05) is 60.7 Å². The fraction of sp³-hybridized carbons (Fsp3) is 0. The molecule has 5 nitrogen and oxygen atoms in total. The van der Waals surface area contributed by atoms with Crippen molar-refractivity contribution in [1.82, 2.24) is 24.1 Å². The normalized spacial score (nSPS) is 11.8. The summed E-state index contributed by atoms with van der Waals surface area (Å²) in [5.41, 5.74) is 9.83. The van der Waals surface area contributed by atoms with Crippen LogP contribution in [0.15, 0.2) is 200 Å². The number of benzene rings is 9. The van der Waals surface area contributed by atoms with Gasteiger partial charge in [-0.1, -0.05) is 152 Å². The molecule has 0 saturated heterocycles. The molecule has 270 valence electrons. The van der Waals surface area contributed by atoms with E-state index in [9.17, 15) is 0 Å². The van der Waals surface area contributed by atoms with Gasteiger partial charge >= 0.3 is 0 Å². The molecule has 0 amide bonds. The van der Waals surface area contributed by atoms with E-state index in [1.54, 1.807) is 0 Å². The maximum absolute atomic E-state index is 5.07. The minimum atomic E-state index is 0.646. The van der Waals surface area contributed by atoms with Crippen LogP contribution < -0.4 is 0 Å². The lowest BCUT2D eigenvalue weighted by atomic mass is 10.0. The fourth-order valence-corrected chi connectivity index (χ4v) is 9.00.